The van der Waals surface area contributed by atoms with Gasteiger partial charge in [0.05, 0.1) is 19.6 Å². The van der Waals surface area contributed by atoms with E-state index in [1.807, 2.05) is 11.0 Å². The Morgan fingerprint density at radius 3 is 2.59 bits per heavy atom. The quantitative estimate of drug-likeness (QED) is 0.138. The molecule has 9 nitrogen and oxygen atoms in total. The van der Waals surface area contributed by atoms with Crippen molar-refractivity contribution in [1.82, 2.24) is 10.2 Å². The fourth-order valence-corrected chi connectivity index (χ4v) is 5.38. The smallest absolute Gasteiger partial charge is 0.481 e. The van der Waals surface area contributed by atoms with Gasteiger partial charge in [-0.25, -0.2) is 9.18 Å². The Labute approximate surface area is 253 Å². The van der Waals surface area contributed by atoms with Crippen LogP contribution in [0.2, 0.25) is 0 Å². The fraction of sp³-hybridized carbons (Fsp3) is 0.516. The maximum absolute atomic E-state index is 13.4. The van der Waals surface area contributed by atoms with E-state index in [2.05, 4.69) is 15.4 Å². The van der Waals surface area contributed by atoms with Crippen molar-refractivity contribution < 1.29 is 46.2 Å². The predicted octanol–water partition coefficient (Wildman–Crippen LogP) is 4.57. The van der Waals surface area contributed by atoms with E-state index < -0.39 is 23.8 Å². The molecule has 0 unspecified atom stereocenters. The number of benzene rings is 2. The molecule has 240 valence electrons. The largest absolute Gasteiger partial charge is 0.491 e. The molecule has 2 N–H and O–H groups in total. The van der Waals surface area contributed by atoms with Crippen LogP contribution in [0.5, 0.6) is 11.5 Å². The second-order valence-corrected chi connectivity index (χ2v) is 10.8. The van der Waals surface area contributed by atoms with E-state index in [9.17, 15) is 31.9 Å². The van der Waals surface area contributed by atoms with Gasteiger partial charge in [-0.05, 0) is 61.6 Å². The SMILES string of the molecule is O=C1COc2c(CCNCCN(C(=O)CCOCCc3cccc(F)c3)C3CCCCC3)ccc(OC(=O)C(F)(F)F)c2N1. The number of hydrogen-bond donors (Lipinski definition) is 2. The highest BCUT2D eigenvalue weighted by Gasteiger charge is 2.42. The molecule has 4 rings (SSSR count). The number of ether oxygens (including phenoxy) is 3. The summed E-state index contributed by atoms with van der Waals surface area (Å²) in [6.07, 6.45) is 1.22. The first-order valence-corrected chi connectivity index (χ1v) is 14.8. The molecule has 2 aliphatic rings. The summed E-state index contributed by atoms with van der Waals surface area (Å²) in [6.45, 7) is 1.83. The molecule has 0 aromatic heterocycles. The number of carbonyl (C=O) groups excluding carboxylic acids is 3. The van der Waals surface area contributed by atoms with Gasteiger partial charge in [0.15, 0.2) is 18.1 Å². The molecule has 0 atom stereocenters. The number of hydrogen-bond acceptors (Lipinski definition) is 7. The van der Waals surface area contributed by atoms with E-state index >= 15 is 0 Å². The summed E-state index contributed by atoms with van der Waals surface area (Å²) in [6, 6.07) is 9.19. The lowest BCUT2D eigenvalue weighted by molar-refractivity contribution is -0.189. The molecule has 1 heterocycles. The summed E-state index contributed by atoms with van der Waals surface area (Å²) in [5.74, 6) is -3.56. The summed E-state index contributed by atoms with van der Waals surface area (Å²) < 4.78 is 67.1. The molecule has 1 fully saturated rings. The van der Waals surface area contributed by atoms with Crippen molar-refractivity contribution in [2.24, 2.45) is 0 Å². The van der Waals surface area contributed by atoms with Crippen LogP contribution >= 0.6 is 0 Å². The third-order valence-electron chi connectivity index (χ3n) is 7.57. The van der Waals surface area contributed by atoms with Gasteiger partial charge >= 0.3 is 12.1 Å². The number of alkyl halides is 3. The Bertz CT molecular complexity index is 1300. The van der Waals surface area contributed by atoms with Crippen LogP contribution in [0.4, 0.5) is 23.2 Å². The number of fused-ring (bicyclic) bond motifs is 1. The van der Waals surface area contributed by atoms with Crippen molar-refractivity contribution in [3.8, 4) is 11.5 Å². The summed E-state index contributed by atoms with van der Waals surface area (Å²) in [4.78, 5) is 38.3. The summed E-state index contributed by atoms with van der Waals surface area (Å²) >= 11 is 0. The van der Waals surface area contributed by atoms with Gasteiger partial charge in [-0.2, -0.15) is 13.2 Å². The summed E-state index contributed by atoms with van der Waals surface area (Å²) in [7, 11) is 0. The highest BCUT2D eigenvalue weighted by molar-refractivity contribution is 5.98. The minimum absolute atomic E-state index is 0.0201. The van der Waals surface area contributed by atoms with Gasteiger partial charge in [0.2, 0.25) is 5.91 Å². The minimum Gasteiger partial charge on any atom is -0.481 e. The lowest BCUT2D eigenvalue weighted by Crippen LogP contribution is -2.45. The Balaban J connectivity index is 1.26. The Hall–Kier alpha value is -3.71. The highest BCUT2D eigenvalue weighted by atomic mass is 19.4. The zero-order valence-electron chi connectivity index (χ0n) is 24.3. The van der Waals surface area contributed by atoms with Gasteiger partial charge in [0, 0.05) is 19.1 Å². The molecule has 2 aromatic rings. The minimum atomic E-state index is -5.20. The van der Waals surface area contributed by atoms with Crippen molar-refractivity contribution in [1.29, 1.82) is 0 Å². The molecule has 0 spiro atoms. The molecule has 13 heteroatoms. The van der Waals surface area contributed by atoms with Crippen LogP contribution in [0, 0.1) is 5.82 Å². The van der Waals surface area contributed by atoms with Crippen LogP contribution in [-0.4, -0.2) is 74.4 Å². The van der Waals surface area contributed by atoms with Gasteiger partial charge in [-0.3, -0.25) is 9.59 Å². The average Bonchev–Trinajstić information content (AvgIpc) is 2.99. The zero-order chi connectivity index (χ0) is 31.5. The fourth-order valence-electron chi connectivity index (χ4n) is 5.38. The van der Waals surface area contributed by atoms with E-state index in [1.54, 1.807) is 6.07 Å². The zero-order valence-corrected chi connectivity index (χ0v) is 24.3. The second kappa shape index (κ2) is 15.8. The third kappa shape index (κ3) is 9.65. The van der Waals surface area contributed by atoms with Crippen LogP contribution in [0.25, 0.3) is 0 Å². The molecule has 1 saturated carbocycles. The standard InChI is InChI=1S/C31H37F4N3O6/c32-23-6-4-5-21(19-23)12-17-42-18-13-27(40)38(24-7-2-1-3-8-24)16-15-36-14-11-22-9-10-25(44-30(41)31(33,34)35)28-29(22)43-20-26(39)37-28/h4-6,9-10,19,24,36H,1-3,7-8,11-18,20H2,(H,37,39). The van der Waals surface area contributed by atoms with Crippen molar-refractivity contribution >= 4 is 23.5 Å². The number of rotatable bonds is 14. The summed E-state index contributed by atoms with van der Waals surface area (Å²) in [5, 5.41) is 5.73. The average molecular weight is 624 g/mol. The molecule has 2 amide bonds. The van der Waals surface area contributed by atoms with E-state index in [0.717, 1.165) is 37.7 Å². The first kappa shape index (κ1) is 33.2. The summed E-state index contributed by atoms with van der Waals surface area (Å²) in [5.41, 5.74) is 1.32. The van der Waals surface area contributed by atoms with E-state index in [0.29, 0.717) is 44.6 Å². The van der Waals surface area contributed by atoms with Crippen molar-refractivity contribution in [2.75, 3.05) is 44.8 Å². The Morgan fingerprint density at radius 1 is 1.05 bits per heavy atom. The topological polar surface area (TPSA) is 106 Å². The lowest BCUT2D eigenvalue weighted by Gasteiger charge is -2.34. The van der Waals surface area contributed by atoms with E-state index in [-0.39, 0.29) is 48.8 Å². The number of halogens is 4. The number of carbonyl (C=O) groups is 3. The molecule has 1 aliphatic heterocycles. The maximum atomic E-state index is 13.4. The number of anilines is 1. The number of nitrogens with one attached hydrogen (secondary N) is 2. The Morgan fingerprint density at radius 2 is 1.84 bits per heavy atom. The Kier molecular flexibility index (Phi) is 12.0. The van der Waals surface area contributed by atoms with Crippen LogP contribution < -0.4 is 20.1 Å². The van der Waals surface area contributed by atoms with Gasteiger partial charge in [0.25, 0.3) is 5.91 Å². The number of nitrogens with zero attached hydrogens (tertiary/aromatic N) is 1. The second-order valence-electron chi connectivity index (χ2n) is 10.8. The van der Waals surface area contributed by atoms with E-state index in [1.165, 1.54) is 24.3 Å². The highest BCUT2D eigenvalue weighted by Crippen LogP contribution is 2.40. The van der Waals surface area contributed by atoms with Crippen LogP contribution in [0.1, 0.15) is 49.7 Å². The molecule has 1 aliphatic carbocycles. The van der Waals surface area contributed by atoms with Crippen LogP contribution in [-0.2, 0) is 32.0 Å². The van der Waals surface area contributed by atoms with Crippen molar-refractivity contribution in [3.63, 3.8) is 0 Å². The van der Waals surface area contributed by atoms with Crippen LogP contribution in [0.3, 0.4) is 0 Å². The number of esters is 1. The van der Waals surface area contributed by atoms with E-state index in [4.69, 9.17) is 9.47 Å². The lowest BCUT2D eigenvalue weighted by atomic mass is 9.94. The van der Waals surface area contributed by atoms with Gasteiger partial charge in [0.1, 0.15) is 11.5 Å². The van der Waals surface area contributed by atoms with Crippen molar-refractivity contribution in [2.45, 2.75) is 63.6 Å². The molecule has 0 saturated heterocycles. The predicted molar refractivity (Wildman–Crippen MR) is 153 cm³/mol. The molecule has 0 radical (unpaired) electrons. The molecule has 2 aromatic carbocycles. The normalized spacial score (nSPS) is 15.2. The number of amides is 2. The molecular weight excluding hydrogens is 586 g/mol. The van der Waals surface area contributed by atoms with Crippen LogP contribution in [0.15, 0.2) is 36.4 Å². The molecular formula is C31H37F4N3O6. The van der Waals surface area contributed by atoms with Gasteiger partial charge < -0.3 is 29.7 Å². The monoisotopic (exact) mass is 623 g/mol. The third-order valence-corrected chi connectivity index (χ3v) is 7.57. The van der Waals surface area contributed by atoms with Gasteiger partial charge in [-0.15, -0.1) is 0 Å². The first-order chi connectivity index (χ1) is 21.1. The molecule has 44 heavy (non-hydrogen) atoms. The first-order valence-electron chi connectivity index (χ1n) is 14.8. The molecule has 0 bridgehead atoms. The maximum Gasteiger partial charge on any atom is 0.491 e. The van der Waals surface area contributed by atoms with Gasteiger partial charge in [-0.1, -0.05) is 37.5 Å². The van der Waals surface area contributed by atoms with Crippen molar-refractivity contribution in [3.05, 3.63) is 53.3 Å².